The number of hydrogen-bond donors (Lipinski definition) is 0. The van der Waals surface area contributed by atoms with Crippen LogP contribution in [0.5, 0.6) is 0 Å². The van der Waals surface area contributed by atoms with Crippen molar-refractivity contribution in [2.24, 2.45) is 5.92 Å². The van der Waals surface area contributed by atoms with Crippen LogP contribution in [0, 0.1) is 24.2 Å². The lowest BCUT2D eigenvalue weighted by atomic mass is 9.89. The van der Waals surface area contributed by atoms with Gasteiger partial charge in [-0.25, -0.2) is 0 Å². The molecule has 0 amide bonds. The van der Waals surface area contributed by atoms with E-state index < -0.39 is 5.92 Å². The Balaban J connectivity index is 3.04. The van der Waals surface area contributed by atoms with Gasteiger partial charge in [0.05, 0.1) is 6.07 Å². The number of carbonyl (C=O) groups is 1. The lowest BCUT2D eigenvalue weighted by Gasteiger charge is -2.11. The molecule has 1 rings (SSSR count). The van der Waals surface area contributed by atoms with Crippen LogP contribution >= 0.6 is 0 Å². The molecule has 0 aliphatic carbocycles. The van der Waals surface area contributed by atoms with Crippen LogP contribution in [0.25, 0.3) is 0 Å². The first-order valence-corrected chi connectivity index (χ1v) is 5.06. The molecule has 1 aromatic carbocycles. The van der Waals surface area contributed by atoms with Gasteiger partial charge in [-0.15, -0.1) is 0 Å². The predicted octanol–water partition coefficient (Wildman–Crippen LogP) is 2.83. The second-order valence-corrected chi connectivity index (χ2v) is 4.03. The summed E-state index contributed by atoms with van der Waals surface area (Å²) in [5, 5.41) is 9.02. The number of hydrogen-bond acceptors (Lipinski definition) is 2. The van der Waals surface area contributed by atoms with Gasteiger partial charge in [0.25, 0.3) is 0 Å². The smallest absolute Gasteiger partial charge is 0.156 e. The zero-order valence-electron chi connectivity index (χ0n) is 9.32. The van der Waals surface area contributed by atoms with E-state index in [9.17, 15) is 4.79 Å². The highest BCUT2D eigenvalue weighted by Crippen LogP contribution is 2.20. The number of nitriles is 1. The third kappa shape index (κ3) is 2.66. The van der Waals surface area contributed by atoms with Crippen LogP contribution in [-0.2, 0) is 4.79 Å². The Morgan fingerprint density at radius 2 is 2.07 bits per heavy atom. The summed E-state index contributed by atoms with van der Waals surface area (Å²) in [6, 6.07) is 9.64. The van der Waals surface area contributed by atoms with Crippen molar-refractivity contribution in [3.8, 4) is 6.07 Å². The molecule has 0 spiro atoms. The van der Waals surface area contributed by atoms with Crippen LogP contribution in [0.3, 0.4) is 0 Å². The fourth-order valence-electron chi connectivity index (χ4n) is 1.49. The second kappa shape index (κ2) is 4.75. The molecule has 0 unspecified atom stereocenters. The van der Waals surface area contributed by atoms with Gasteiger partial charge in [0.1, 0.15) is 5.92 Å². The van der Waals surface area contributed by atoms with E-state index in [1.807, 2.05) is 45.0 Å². The van der Waals surface area contributed by atoms with Crippen LogP contribution in [0.1, 0.15) is 30.9 Å². The predicted molar refractivity (Wildman–Crippen MR) is 59.4 cm³/mol. The number of ketones is 1. The lowest BCUT2D eigenvalue weighted by Crippen LogP contribution is -2.16. The number of Topliss-reactive ketones (excluding diaryl/α,β-unsaturated/α-hetero) is 1. The summed E-state index contributed by atoms with van der Waals surface area (Å²) in [5.41, 5.74) is 1.88. The minimum Gasteiger partial charge on any atom is -0.298 e. The zero-order valence-corrected chi connectivity index (χ0v) is 9.32. The molecule has 15 heavy (non-hydrogen) atoms. The summed E-state index contributed by atoms with van der Waals surface area (Å²) in [6.45, 7) is 5.60. The lowest BCUT2D eigenvalue weighted by molar-refractivity contribution is -0.122. The summed E-state index contributed by atoms with van der Waals surface area (Å²) in [7, 11) is 0. The maximum atomic E-state index is 11.8. The molecular weight excluding hydrogens is 186 g/mol. The Bertz CT molecular complexity index is 401. The topological polar surface area (TPSA) is 40.9 Å². The van der Waals surface area contributed by atoms with Gasteiger partial charge >= 0.3 is 0 Å². The van der Waals surface area contributed by atoms with Crippen LogP contribution in [0.15, 0.2) is 24.3 Å². The third-order valence-electron chi connectivity index (χ3n) is 2.36. The van der Waals surface area contributed by atoms with E-state index in [4.69, 9.17) is 5.26 Å². The number of benzene rings is 1. The van der Waals surface area contributed by atoms with Gasteiger partial charge in [-0.2, -0.15) is 5.26 Å². The summed E-state index contributed by atoms with van der Waals surface area (Å²) in [6.07, 6.45) is 0. The maximum Gasteiger partial charge on any atom is 0.156 e. The Morgan fingerprint density at radius 3 is 2.53 bits per heavy atom. The van der Waals surface area contributed by atoms with Gasteiger partial charge in [-0.1, -0.05) is 43.7 Å². The summed E-state index contributed by atoms with van der Waals surface area (Å²) < 4.78 is 0. The molecule has 78 valence electrons. The van der Waals surface area contributed by atoms with E-state index in [-0.39, 0.29) is 11.7 Å². The van der Waals surface area contributed by atoms with Gasteiger partial charge in [-0.3, -0.25) is 4.79 Å². The average Bonchev–Trinajstić information content (AvgIpc) is 2.18. The quantitative estimate of drug-likeness (QED) is 0.754. The zero-order chi connectivity index (χ0) is 11.4. The SMILES string of the molecule is Cc1cccc([C@@H](C#N)C(=O)C(C)C)c1. The van der Waals surface area contributed by atoms with E-state index >= 15 is 0 Å². The molecule has 0 heterocycles. The molecule has 2 heteroatoms. The van der Waals surface area contributed by atoms with Crippen molar-refractivity contribution < 1.29 is 4.79 Å². The van der Waals surface area contributed by atoms with Gasteiger partial charge < -0.3 is 0 Å². The highest BCUT2D eigenvalue weighted by molar-refractivity contribution is 5.89. The molecular formula is C13H15NO. The molecule has 0 N–H and O–H groups in total. The van der Waals surface area contributed by atoms with Crippen molar-refractivity contribution in [1.82, 2.24) is 0 Å². The highest BCUT2D eigenvalue weighted by Gasteiger charge is 2.22. The average molecular weight is 201 g/mol. The summed E-state index contributed by atoms with van der Waals surface area (Å²) in [5.74, 6) is -0.733. The first-order chi connectivity index (χ1) is 7.06. The van der Waals surface area contributed by atoms with Crippen molar-refractivity contribution in [3.05, 3.63) is 35.4 Å². The highest BCUT2D eigenvalue weighted by atomic mass is 16.1. The molecule has 0 fully saturated rings. The van der Waals surface area contributed by atoms with Gasteiger partial charge in [0.15, 0.2) is 5.78 Å². The van der Waals surface area contributed by atoms with Crippen molar-refractivity contribution in [2.45, 2.75) is 26.7 Å². The van der Waals surface area contributed by atoms with Crippen molar-refractivity contribution in [1.29, 1.82) is 5.26 Å². The van der Waals surface area contributed by atoms with E-state index in [2.05, 4.69) is 6.07 Å². The first kappa shape index (κ1) is 11.5. The normalized spacial score (nSPS) is 12.2. The van der Waals surface area contributed by atoms with Gasteiger partial charge in [-0.05, 0) is 12.5 Å². The summed E-state index contributed by atoms with van der Waals surface area (Å²) >= 11 is 0. The molecule has 0 radical (unpaired) electrons. The molecule has 0 saturated carbocycles. The molecule has 0 aliphatic rings. The van der Waals surface area contributed by atoms with Crippen LogP contribution in [-0.4, -0.2) is 5.78 Å². The Hall–Kier alpha value is -1.62. The van der Waals surface area contributed by atoms with Crippen molar-refractivity contribution in [2.75, 3.05) is 0 Å². The van der Waals surface area contributed by atoms with E-state index in [0.29, 0.717) is 0 Å². The minimum atomic E-state index is -0.620. The van der Waals surface area contributed by atoms with Crippen LogP contribution in [0.4, 0.5) is 0 Å². The van der Waals surface area contributed by atoms with Gasteiger partial charge in [0, 0.05) is 5.92 Å². The fraction of sp³-hybridized carbons (Fsp3) is 0.385. The Labute approximate surface area is 90.5 Å². The number of carbonyl (C=O) groups excluding carboxylic acids is 1. The first-order valence-electron chi connectivity index (χ1n) is 5.06. The largest absolute Gasteiger partial charge is 0.298 e. The molecule has 1 atom stereocenters. The number of nitrogens with zero attached hydrogens (tertiary/aromatic N) is 1. The third-order valence-corrected chi connectivity index (χ3v) is 2.36. The number of rotatable bonds is 3. The standard InChI is InChI=1S/C13H15NO/c1-9(2)13(15)12(8-14)11-6-4-5-10(3)7-11/h4-7,9,12H,1-3H3/t12-/m1/s1. The second-order valence-electron chi connectivity index (χ2n) is 4.03. The van der Waals surface area contributed by atoms with Crippen molar-refractivity contribution in [3.63, 3.8) is 0 Å². The molecule has 0 aromatic heterocycles. The molecule has 0 bridgehead atoms. The van der Waals surface area contributed by atoms with Crippen LogP contribution < -0.4 is 0 Å². The van der Waals surface area contributed by atoms with E-state index in [1.165, 1.54) is 0 Å². The maximum absolute atomic E-state index is 11.8. The fourth-order valence-corrected chi connectivity index (χ4v) is 1.49. The molecule has 1 aromatic rings. The molecule has 0 saturated heterocycles. The van der Waals surface area contributed by atoms with E-state index in [1.54, 1.807) is 0 Å². The number of aryl methyl sites for hydroxylation is 1. The Morgan fingerprint density at radius 1 is 1.40 bits per heavy atom. The minimum absolute atomic E-state index is 0.0110. The van der Waals surface area contributed by atoms with E-state index in [0.717, 1.165) is 11.1 Å². The Kier molecular flexibility index (Phi) is 3.62. The molecule has 0 aliphatic heterocycles. The van der Waals surface area contributed by atoms with Gasteiger partial charge in [0.2, 0.25) is 0 Å². The van der Waals surface area contributed by atoms with Crippen LogP contribution in [0.2, 0.25) is 0 Å². The molecule has 2 nitrogen and oxygen atoms in total. The monoisotopic (exact) mass is 201 g/mol. The van der Waals surface area contributed by atoms with Crippen molar-refractivity contribution >= 4 is 5.78 Å². The summed E-state index contributed by atoms with van der Waals surface area (Å²) in [4.78, 5) is 11.8.